The van der Waals surface area contributed by atoms with E-state index in [-0.39, 0.29) is 11.9 Å². The van der Waals surface area contributed by atoms with Crippen LogP contribution in [0.5, 0.6) is 5.75 Å². The van der Waals surface area contributed by atoms with E-state index in [0.717, 1.165) is 9.26 Å². The molecule has 0 heterocycles. The number of rotatable bonds is 4. The molecule has 1 amide bonds. The minimum Gasteiger partial charge on any atom is -0.427 e. The third-order valence-corrected chi connectivity index (χ3v) is 3.39. The molecule has 0 saturated heterocycles. The number of benzene rings is 2. The van der Waals surface area contributed by atoms with E-state index < -0.39 is 0 Å². The molecule has 2 aromatic rings. The summed E-state index contributed by atoms with van der Waals surface area (Å²) < 4.78 is 6.11. The molecule has 1 N–H and O–H groups in total. The van der Waals surface area contributed by atoms with Crippen molar-refractivity contribution in [2.75, 3.05) is 5.32 Å². The van der Waals surface area contributed by atoms with E-state index in [0.29, 0.717) is 17.7 Å². The van der Waals surface area contributed by atoms with Gasteiger partial charge >= 0.3 is 5.97 Å². The van der Waals surface area contributed by atoms with Crippen molar-refractivity contribution < 1.29 is 14.3 Å². The fourth-order valence-corrected chi connectivity index (χ4v) is 2.19. The summed E-state index contributed by atoms with van der Waals surface area (Å²) in [7, 11) is 0. The standard InChI is InChI=1S/C16H14INO3/c1-2-15(19)21-14-8-6-11(7-9-14)16(20)18-13-5-3-4-12(17)10-13/h3-10H,2H2,1H3,(H,18,20). The Morgan fingerprint density at radius 1 is 1.14 bits per heavy atom. The third kappa shape index (κ3) is 4.56. The molecule has 0 fully saturated rings. The first kappa shape index (κ1) is 15.5. The molecule has 21 heavy (non-hydrogen) atoms. The topological polar surface area (TPSA) is 55.4 Å². The molecule has 0 saturated carbocycles. The highest BCUT2D eigenvalue weighted by Gasteiger charge is 2.07. The quantitative estimate of drug-likeness (QED) is 0.486. The third-order valence-electron chi connectivity index (χ3n) is 2.72. The van der Waals surface area contributed by atoms with E-state index in [1.165, 1.54) is 0 Å². The lowest BCUT2D eigenvalue weighted by Gasteiger charge is -2.07. The number of esters is 1. The first-order valence-corrected chi connectivity index (χ1v) is 7.54. The second kappa shape index (κ2) is 7.21. The van der Waals surface area contributed by atoms with Gasteiger partial charge in [0.2, 0.25) is 0 Å². The lowest BCUT2D eigenvalue weighted by Crippen LogP contribution is -2.12. The Hall–Kier alpha value is -1.89. The van der Waals surface area contributed by atoms with Gasteiger partial charge in [-0.3, -0.25) is 9.59 Å². The van der Waals surface area contributed by atoms with E-state index >= 15 is 0 Å². The molecule has 4 nitrogen and oxygen atoms in total. The van der Waals surface area contributed by atoms with Gasteiger partial charge in [0.1, 0.15) is 5.75 Å². The smallest absolute Gasteiger partial charge is 0.310 e. The van der Waals surface area contributed by atoms with Crippen LogP contribution in [-0.2, 0) is 4.79 Å². The number of nitrogens with one attached hydrogen (secondary N) is 1. The maximum atomic E-state index is 12.1. The van der Waals surface area contributed by atoms with Crippen LogP contribution in [0.3, 0.4) is 0 Å². The zero-order valence-corrected chi connectivity index (χ0v) is 13.6. The number of hydrogen-bond donors (Lipinski definition) is 1. The highest BCUT2D eigenvalue weighted by atomic mass is 127. The lowest BCUT2D eigenvalue weighted by atomic mass is 10.2. The highest BCUT2D eigenvalue weighted by molar-refractivity contribution is 14.1. The zero-order chi connectivity index (χ0) is 15.2. The Labute approximate surface area is 136 Å². The molecule has 5 heteroatoms. The summed E-state index contributed by atoms with van der Waals surface area (Å²) in [6, 6.07) is 14.0. The predicted molar refractivity (Wildman–Crippen MR) is 89.5 cm³/mol. The number of anilines is 1. The molecular weight excluding hydrogens is 381 g/mol. The van der Waals surface area contributed by atoms with Gasteiger partial charge in [0.05, 0.1) is 0 Å². The fraction of sp³-hybridized carbons (Fsp3) is 0.125. The van der Waals surface area contributed by atoms with Crippen molar-refractivity contribution in [3.63, 3.8) is 0 Å². The summed E-state index contributed by atoms with van der Waals surface area (Å²) in [6.07, 6.45) is 0.314. The Morgan fingerprint density at radius 2 is 1.86 bits per heavy atom. The highest BCUT2D eigenvalue weighted by Crippen LogP contribution is 2.16. The van der Waals surface area contributed by atoms with Crippen LogP contribution >= 0.6 is 22.6 Å². The van der Waals surface area contributed by atoms with Crippen LogP contribution in [-0.4, -0.2) is 11.9 Å². The summed E-state index contributed by atoms with van der Waals surface area (Å²) in [5, 5.41) is 2.82. The summed E-state index contributed by atoms with van der Waals surface area (Å²) in [5.74, 6) is -0.0657. The van der Waals surface area contributed by atoms with Crippen molar-refractivity contribution in [1.29, 1.82) is 0 Å². The molecule has 0 radical (unpaired) electrons. The molecule has 0 bridgehead atoms. The summed E-state index contributed by atoms with van der Waals surface area (Å²) >= 11 is 2.19. The van der Waals surface area contributed by atoms with Crippen LogP contribution in [0.4, 0.5) is 5.69 Å². The first-order valence-electron chi connectivity index (χ1n) is 6.46. The fourth-order valence-electron chi connectivity index (χ4n) is 1.65. The number of carbonyl (C=O) groups excluding carboxylic acids is 2. The summed E-state index contributed by atoms with van der Waals surface area (Å²) in [5.41, 5.74) is 1.25. The van der Waals surface area contributed by atoms with E-state index in [4.69, 9.17) is 4.74 Å². The van der Waals surface area contributed by atoms with Crippen molar-refractivity contribution >= 4 is 40.2 Å². The van der Waals surface area contributed by atoms with Crippen LogP contribution in [0.2, 0.25) is 0 Å². The van der Waals surface area contributed by atoms with E-state index in [1.807, 2.05) is 24.3 Å². The van der Waals surface area contributed by atoms with Gasteiger partial charge in [0.25, 0.3) is 5.91 Å². The molecule has 2 aromatic carbocycles. The van der Waals surface area contributed by atoms with Gasteiger partial charge in [-0.05, 0) is 65.1 Å². The summed E-state index contributed by atoms with van der Waals surface area (Å²) in [6.45, 7) is 1.73. The average molecular weight is 395 g/mol. The van der Waals surface area contributed by atoms with Crippen molar-refractivity contribution in [2.45, 2.75) is 13.3 Å². The molecule has 0 aliphatic rings. The van der Waals surface area contributed by atoms with Crippen LogP contribution in [0.1, 0.15) is 23.7 Å². The average Bonchev–Trinajstić information content (AvgIpc) is 2.47. The van der Waals surface area contributed by atoms with Crippen molar-refractivity contribution in [1.82, 2.24) is 0 Å². The van der Waals surface area contributed by atoms with Gasteiger partial charge in [-0.2, -0.15) is 0 Å². The van der Waals surface area contributed by atoms with Gasteiger partial charge in [0.15, 0.2) is 0 Å². The van der Waals surface area contributed by atoms with Crippen LogP contribution in [0, 0.1) is 3.57 Å². The van der Waals surface area contributed by atoms with Gasteiger partial charge < -0.3 is 10.1 Å². The largest absolute Gasteiger partial charge is 0.427 e. The SMILES string of the molecule is CCC(=O)Oc1ccc(C(=O)Nc2cccc(I)c2)cc1. The van der Waals surface area contributed by atoms with Crippen molar-refractivity contribution in [2.24, 2.45) is 0 Å². The maximum Gasteiger partial charge on any atom is 0.310 e. The molecule has 0 unspecified atom stereocenters. The first-order chi connectivity index (χ1) is 10.1. The normalized spacial score (nSPS) is 10.0. The predicted octanol–water partition coefficient (Wildman–Crippen LogP) is 3.86. The molecule has 108 valence electrons. The molecule has 0 aliphatic carbocycles. The number of carbonyl (C=O) groups is 2. The molecule has 0 aromatic heterocycles. The molecule has 0 aliphatic heterocycles. The van der Waals surface area contributed by atoms with Crippen LogP contribution in [0.15, 0.2) is 48.5 Å². The van der Waals surface area contributed by atoms with Gasteiger partial charge in [-0.1, -0.05) is 13.0 Å². The Balaban J connectivity index is 2.04. The minimum atomic E-state index is -0.300. The number of ether oxygens (including phenoxy) is 1. The molecule has 0 atom stereocenters. The molecule has 0 spiro atoms. The van der Waals surface area contributed by atoms with E-state index in [2.05, 4.69) is 27.9 Å². The monoisotopic (exact) mass is 395 g/mol. The maximum absolute atomic E-state index is 12.1. The van der Waals surface area contributed by atoms with E-state index in [1.54, 1.807) is 31.2 Å². The van der Waals surface area contributed by atoms with Crippen molar-refractivity contribution in [3.05, 3.63) is 57.7 Å². The number of hydrogen-bond acceptors (Lipinski definition) is 3. The minimum absolute atomic E-state index is 0.203. The second-order valence-corrected chi connectivity index (χ2v) is 5.56. The Morgan fingerprint density at radius 3 is 2.48 bits per heavy atom. The van der Waals surface area contributed by atoms with Gasteiger partial charge in [-0.25, -0.2) is 0 Å². The zero-order valence-electron chi connectivity index (χ0n) is 11.4. The molecule has 2 rings (SSSR count). The molecular formula is C16H14INO3. The second-order valence-electron chi connectivity index (χ2n) is 4.32. The van der Waals surface area contributed by atoms with Gasteiger partial charge in [-0.15, -0.1) is 0 Å². The Kier molecular flexibility index (Phi) is 5.32. The Bertz CT molecular complexity index is 653. The number of halogens is 1. The van der Waals surface area contributed by atoms with Crippen molar-refractivity contribution in [3.8, 4) is 5.75 Å². The van der Waals surface area contributed by atoms with Gasteiger partial charge in [0, 0.05) is 21.2 Å². The van der Waals surface area contributed by atoms with E-state index in [9.17, 15) is 9.59 Å². The van der Waals surface area contributed by atoms with Crippen LogP contribution < -0.4 is 10.1 Å². The summed E-state index contributed by atoms with van der Waals surface area (Å²) in [4.78, 5) is 23.3. The van der Waals surface area contributed by atoms with Crippen LogP contribution in [0.25, 0.3) is 0 Å². The number of amides is 1. The lowest BCUT2D eigenvalue weighted by molar-refractivity contribution is -0.134.